The van der Waals surface area contributed by atoms with Crippen LogP contribution in [-0.4, -0.2) is 29.8 Å². The molecule has 1 aliphatic rings. The van der Waals surface area contributed by atoms with Crippen LogP contribution in [0, 0.1) is 0 Å². The van der Waals surface area contributed by atoms with Gasteiger partial charge in [-0.15, -0.1) is 22.7 Å². The number of hydrogen-bond donors (Lipinski definition) is 1. The van der Waals surface area contributed by atoms with Crippen molar-refractivity contribution in [3.05, 3.63) is 50.0 Å². The predicted octanol–water partition coefficient (Wildman–Crippen LogP) is 1.62. The van der Waals surface area contributed by atoms with E-state index in [0.29, 0.717) is 10.7 Å². The first kappa shape index (κ1) is 17.3. The molecule has 0 aromatic carbocycles. The van der Waals surface area contributed by atoms with Crippen LogP contribution in [0.2, 0.25) is 0 Å². The van der Waals surface area contributed by atoms with Crippen LogP contribution in [-0.2, 0) is 21.4 Å². The summed E-state index contributed by atoms with van der Waals surface area (Å²) in [6.07, 6.45) is 3.21. The Morgan fingerprint density at radius 1 is 1.35 bits per heavy atom. The Labute approximate surface area is 156 Å². The van der Waals surface area contributed by atoms with Gasteiger partial charge in [0.05, 0.1) is 5.69 Å². The monoisotopic (exact) mass is 411 g/mol. The van der Waals surface area contributed by atoms with Crippen molar-refractivity contribution >= 4 is 43.6 Å². The summed E-state index contributed by atoms with van der Waals surface area (Å²) in [5, 5.41) is 3.26. The van der Waals surface area contributed by atoms with Crippen molar-refractivity contribution in [2.24, 2.45) is 0 Å². The molecule has 0 radical (unpaired) electrons. The molecule has 0 amide bonds. The summed E-state index contributed by atoms with van der Waals surface area (Å²) in [4.78, 5) is 28.9. The minimum atomic E-state index is -3.75. The standard InChI is InChI=1S/C15H13N3O5S3/c19-12-7-10(16-15-18(12)4-6-25-15)8-23-14(20)13-11(3-5-24-13)26(21,22)17-9-1-2-9/h3-7,9,17H,1-2,8H2. The number of nitrogens with one attached hydrogen (secondary N) is 1. The fourth-order valence-corrected chi connectivity index (χ4v) is 5.66. The van der Waals surface area contributed by atoms with Crippen LogP contribution >= 0.6 is 22.7 Å². The molecule has 0 spiro atoms. The molecule has 3 aromatic heterocycles. The highest BCUT2D eigenvalue weighted by atomic mass is 32.2. The largest absolute Gasteiger partial charge is 0.455 e. The molecule has 4 rings (SSSR count). The first-order valence-corrected chi connectivity index (χ1v) is 10.9. The van der Waals surface area contributed by atoms with Gasteiger partial charge in [0.2, 0.25) is 10.0 Å². The molecule has 1 saturated carbocycles. The second kappa shape index (κ2) is 6.58. The Morgan fingerprint density at radius 3 is 2.92 bits per heavy atom. The van der Waals surface area contributed by atoms with E-state index in [0.717, 1.165) is 24.2 Å². The SMILES string of the molecule is O=C(OCc1cc(=O)n2ccsc2n1)c1sccc1S(=O)(=O)NC1CC1. The number of sulfonamides is 1. The molecule has 1 aliphatic carbocycles. The van der Waals surface area contributed by atoms with Gasteiger partial charge in [-0.1, -0.05) is 0 Å². The van der Waals surface area contributed by atoms with Crippen LogP contribution in [0.5, 0.6) is 0 Å². The predicted molar refractivity (Wildman–Crippen MR) is 96.1 cm³/mol. The van der Waals surface area contributed by atoms with Crippen LogP contribution in [0.3, 0.4) is 0 Å². The Bertz CT molecular complexity index is 1140. The molecule has 0 atom stereocenters. The number of carbonyl (C=O) groups excluding carboxylic acids is 1. The van der Waals surface area contributed by atoms with Crippen LogP contribution in [0.1, 0.15) is 28.2 Å². The maximum Gasteiger partial charge on any atom is 0.350 e. The number of carbonyl (C=O) groups is 1. The van der Waals surface area contributed by atoms with Crippen LogP contribution in [0.15, 0.2) is 38.8 Å². The van der Waals surface area contributed by atoms with E-state index in [2.05, 4.69) is 9.71 Å². The van der Waals surface area contributed by atoms with Crippen molar-refractivity contribution in [1.29, 1.82) is 0 Å². The number of rotatable bonds is 6. The molecule has 0 saturated heterocycles. The average Bonchev–Trinajstić information content (AvgIpc) is 3.09. The fourth-order valence-electron chi connectivity index (χ4n) is 2.31. The molecular formula is C15H13N3O5S3. The van der Waals surface area contributed by atoms with Gasteiger partial charge >= 0.3 is 5.97 Å². The summed E-state index contributed by atoms with van der Waals surface area (Å²) in [6.45, 7) is -0.212. The van der Waals surface area contributed by atoms with Gasteiger partial charge in [-0.3, -0.25) is 9.20 Å². The van der Waals surface area contributed by atoms with Crippen molar-refractivity contribution in [3.8, 4) is 0 Å². The molecule has 0 bridgehead atoms. The van der Waals surface area contributed by atoms with Gasteiger partial charge in [-0.05, 0) is 24.3 Å². The van der Waals surface area contributed by atoms with Crippen molar-refractivity contribution in [1.82, 2.24) is 14.1 Å². The number of esters is 1. The van der Waals surface area contributed by atoms with Gasteiger partial charge in [0.15, 0.2) is 4.96 Å². The van der Waals surface area contributed by atoms with Crippen LogP contribution in [0.25, 0.3) is 4.96 Å². The number of thiazole rings is 1. The van der Waals surface area contributed by atoms with E-state index in [4.69, 9.17) is 4.74 Å². The van der Waals surface area contributed by atoms with Gasteiger partial charge in [-0.2, -0.15) is 0 Å². The van der Waals surface area contributed by atoms with Gasteiger partial charge in [-0.25, -0.2) is 22.9 Å². The van der Waals surface area contributed by atoms with Gasteiger partial charge in [0.1, 0.15) is 16.4 Å². The molecule has 11 heteroatoms. The summed E-state index contributed by atoms with van der Waals surface area (Å²) in [5.74, 6) is -0.760. The van der Waals surface area contributed by atoms with Gasteiger partial charge in [0, 0.05) is 23.7 Å². The maximum atomic E-state index is 12.3. The van der Waals surface area contributed by atoms with Gasteiger partial charge < -0.3 is 4.74 Å². The van der Waals surface area contributed by atoms with Gasteiger partial charge in [0.25, 0.3) is 5.56 Å². The topological polar surface area (TPSA) is 107 Å². The first-order chi connectivity index (χ1) is 12.4. The fraction of sp³-hybridized carbons (Fsp3) is 0.267. The van der Waals surface area contributed by atoms with Crippen LogP contribution in [0.4, 0.5) is 0 Å². The second-order valence-corrected chi connectivity index (χ2v) is 9.20. The number of thiophene rings is 1. The molecule has 1 fully saturated rings. The van der Waals surface area contributed by atoms with Crippen molar-refractivity contribution in [3.63, 3.8) is 0 Å². The molecule has 26 heavy (non-hydrogen) atoms. The highest BCUT2D eigenvalue weighted by Crippen LogP contribution is 2.27. The second-order valence-electron chi connectivity index (χ2n) is 5.73. The summed E-state index contributed by atoms with van der Waals surface area (Å²) in [6, 6.07) is 2.61. The summed E-state index contributed by atoms with van der Waals surface area (Å²) >= 11 is 2.29. The zero-order valence-corrected chi connectivity index (χ0v) is 15.7. The van der Waals surface area contributed by atoms with E-state index >= 15 is 0 Å². The van der Waals surface area contributed by atoms with E-state index in [1.165, 1.54) is 33.3 Å². The molecular weight excluding hydrogens is 398 g/mol. The Morgan fingerprint density at radius 2 is 2.15 bits per heavy atom. The third-order valence-corrected chi connectivity index (χ3v) is 7.05. The Balaban J connectivity index is 1.51. The molecule has 1 N–H and O–H groups in total. The minimum Gasteiger partial charge on any atom is -0.455 e. The van der Waals surface area contributed by atoms with E-state index in [1.54, 1.807) is 11.6 Å². The number of fused-ring (bicyclic) bond motifs is 1. The number of ether oxygens (including phenoxy) is 1. The quantitative estimate of drug-likeness (QED) is 0.618. The van der Waals surface area contributed by atoms with Crippen molar-refractivity contribution < 1.29 is 17.9 Å². The normalized spacial score (nSPS) is 14.6. The average molecular weight is 411 g/mol. The smallest absolute Gasteiger partial charge is 0.350 e. The number of aromatic nitrogens is 2. The summed E-state index contributed by atoms with van der Waals surface area (Å²) in [5.41, 5.74) is 0.0400. The molecule has 136 valence electrons. The lowest BCUT2D eigenvalue weighted by Crippen LogP contribution is -2.26. The van der Waals surface area contributed by atoms with E-state index in [-0.39, 0.29) is 28.0 Å². The van der Waals surface area contributed by atoms with E-state index in [9.17, 15) is 18.0 Å². The first-order valence-electron chi connectivity index (χ1n) is 7.67. The summed E-state index contributed by atoms with van der Waals surface area (Å²) in [7, 11) is -3.75. The van der Waals surface area contributed by atoms with Crippen LogP contribution < -0.4 is 10.3 Å². The lowest BCUT2D eigenvalue weighted by Gasteiger charge is -2.07. The molecule has 3 aromatic rings. The Hall–Kier alpha value is -2.08. The molecule has 8 nitrogen and oxygen atoms in total. The zero-order chi connectivity index (χ0) is 18.3. The number of nitrogens with zero attached hydrogens (tertiary/aromatic N) is 2. The third-order valence-electron chi connectivity index (χ3n) is 3.71. The van der Waals surface area contributed by atoms with Crippen molar-refractivity contribution in [2.45, 2.75) is 30.4 Å². The lowest BCUT2D eigenvalue weighted by molar-refractivity contribution is 0.0469. The third kappa shape index (κ3) is 3.43. The molecule has 0 unspecified atom stereocenters. The highest BCUT2D eigenvalue weighted by Gasteiger charge is 2.31. The molecule has 3 heterocycles. The highest BCUT2D eigenvalue weighted by molar-refractivity contribution is 7.89. The summed E-state index contributed by atoms with van der Waals surface area (Å²) < 4.78 is 33.8. The minimum absolute atomic E-state index is 0.00655. The van der Waals surface area contributed by atoms with E-state index in [1.807, 2.05) is 0 Å². The van der Waals surface area contributed by atoms with Crippen molar-refractivity contribution in [2.75, 3.05) is 0 Å². The Kier molecular flexibility index (Phi) is 4.39. The zero-order valence-electron chi connectivity index (χ0n) is 13.2. The maximum absolute atomic E-state index is 12.3. The molecule has 0 aliphatic heterocycles. The lowest BCUT2D eigenvalue weighted by atomic mass is 10.4. The van der Waals surface area contributed by atoms with E-state index < -0.39 is 16.0 Å². The number of hydrogen-bond acceptors (Lipinski definition) is 8.